The van der Waals surface area contributed by atoms with Crippen molar-refractivity contribution in [3.05, 3.63) is 52.8 Å². The first-order valence-electron chi connectivity index (χ1n) is 5.88. The van der Waals surface area contributed by atoms with Crippen molar-refractivity contribution >= 4 is 21.8 Å². The van der Waals surface area contributed by atoms with Crippen molar-refractivity contribution in [1.29, 1.82) is 0 Å². The monoisotopic (exact) mass is 351 g/mol. The summed E-state index contributed by atoms with van der Waals surface area (Å²) in [5.74, 6) is -1.53. The van der Waals surface area contributed by atoms with Crippen molar-refractivity contribution in [1.82, 2.24) is 10.1 Å². The van der Waals surface area contributed by atoms with Crippen LogP contribution >= 0.6 is 15.9 Å². The molecule has 1 aromatic carbocycles. The summed E-state index contributed by atoms with van der Waals surface area (Å²) < 4.78 is 33.4. The van der Waals surface area contributed by atoms with Gasteiger partial charge in [-0.05, 0) is 29.8 Å². The van der Waals surface area contributed by atoms with Gasteiger partial charge in [-0.2, -0.15) is 0 Å². The molecule has 0 unspecified atom stereocenters. The minimum Gasteiger partial charge on any atom is -0.367 e. The van der Waals surface area contributed by atoms with Gasteiger partial charge in [-0.15, -0.1) is 0 Å². The molecule has 3 aromatic rings. The van der Waals surface area contributed by atoms with E-state index in [1.807, 2.05) is 0 Å². The lowest BCUT2D eigenvalue weighted by molar-refractivity contribution is 0.438. The van der Waals surface area contributed by atoms with E-state index < -0.39 is 11.6 Å². The second-order valence-corrected chi connectivity index (χ2v) is 5.17. The highest BCUT2D eigenvalue weighted by atomic mass is 79.9. The van der Waals surface area contributed by atoms with Crippen LogP contribution in [-0.4, -0.2) is 10.1 Å². The highest BCUT2D eigenvalue weighted by Crippen LogP contribution is 2.38. The van der Waals surface area contributed by atoms with Gasteiger partial charge >= 0.3 is 0 Å². The van der Waals surface area contributed by atoms with E-state index in [0.717, 1.165) is 12.1 Å². The number of aromatic nitrogens is 2. The Morgan fingerprint density at radius 1 is 1.05 bits per heavy atom. The van der Waals surface area contributed by atoms with Crippen molar-refractivity contribution in [2.45, 2.75) is 0 Å². The molecule has 0 aliphatic carbocycles. The molecule has 0 saturated carbocycles. The molecular formula is C14H8BrF2N3O. The number of nitrogens with zero attached hydrogens (tertiary/aromatic N) is 2. The number of hydrogen-bond donors (Lipinski definition) is 1. The number of hydrogen-bond acceptors (Lipinski definition) is 4. The molecular weight excluding hydrogens is 344 g/mol. The largest absolute Gasteiger partial charge is 0.367 e. The fraction of sp³-hybridized carbons (Fsp3) is 0. The van der Waals surface area contributed by atoms with Gasteiger partial charge in [0.2, 0.25) is 5.88 Å². The fourth-order valence-electron chi connectivity index (χ4n) is 2.04. The average Bonchev–Trinajstić information content (AvgIpc) is 2.80. The van der Waals surface area contributed by atoms with Crippen LogP contribution in [0.15, 0.2) is 45.7 Å². The normalized spacial score (nSPS) is 10.8. The van der Waals surface area contributed by atoms with E-state index in [4.69, 9.17) is 10.3 Å². The Labute approximate surface area is 126 Å². The average molecular weight is 352 g/mol. The van der Waals surface area contributed by atoms with Gasteiger partial charge in [0.15, 0.2) is 0 Å². The Morgan fingerprint density at radius 3 is 2.29 bits per heavy atom. The smallest absolute Gasteiger partial charge is 0.230 e. The summed E-state index contributed by atoms with van der Waals surface area (Å²) in [5, 5.41) is 3.70. The molecule has 0 atom stereocenters. The topological polar surface area (TPSA) is 64.9 Å². The highest BCUT2D eigenvalue weighted by molar-refractivity contribution is 9.10. The van der Waals surface area contributed by atoms with Crippen molar-refractivity contribution in [3.8, 4) is 22.4 Å². The van der Waals surface area contributed by atoms with Gasteiger partial charge in [0.25, 0.3) is 0 Å². The lowest BCUT2D eigenvalue weighted by atomic mass is 10.0. The van der Waals surface area contributed by atoms with Crippen LogP contribution in [0.3, 0.4) is 0 Å². The SMILES string of the molecule is Nc1onc(-c2c(F)cc(Br)cc2F)c1-c1ccncc1. The van der Waals surface area contributed by atoms with Gasteiger partial charge in [0.05, 0.1) is 11.1 Å². The molecule has 2 N–H and O–H groups in total. The summed E-state index contributed by atoms with van der Waals surface area (Å²) in [6.07, 6.45) is 3.08. The van der Waals surface area contributed by atoms with Gasteiger partial charge in [0.1, 0.15) is 17.3 Å². The molecule has 0 radical (unpaired) electrons. The third-order valence-electron chi connectivity index (χ3n) is 2.93. The summed E-state index contributed by atoms with van der Waals surface area (Å²) >= 11 is 3.03. The van der Waals surface area contributed by atoms with Crippen LogP contribution in [0.25, 0.3) is 22.4 Å². The lowest BCUT2D eigenvalue weighted by Crippen LogP contribution is -1.94. The van der Waals surface area contributed by atoms with Crippen molar-refractivity contribution in [2.75, 3.05) is 5.73 Å². The van der Waals surface area contributed by atoms with Crippen LogP contribution in [0, 0.1) is 11.6 Å². The molecule has 0 aliphatic heterocycles. The first-order valence-corrected chi connectivity index (χ1v) is 6.67. The summed E-state index contributed by atoms with van der Waals surface area (Å²) in [6, 6.07) is 5.61. The number of nitrogen functional groups attached to an aromatic ring is 1. The third kappa shape index (κ3) is 2.40. The van der Waals surface area contributed by atoms with E-state index in [2.05, 4.69) is 26.1 Å². The number of nitrogens with two attached hydrogens (primary N) is 1. The van der Waals surface area contributed by atoms with Gasteiger partial charge in [-0.3, -0.25) is 4.98 Å². The Kier molecular flexibility index (Phi) is 3.42. The van der Waals surface area contributed by atoms with Crippen LogP contribution in [0.4, 0.5) is 14.7 Å². The van der Waals surface area contributed by atoms with E-state index in [9.17, 15) is 8.78 Å². The zero-order valence-electron chi connectivity index (χ0n) is 10.5. The summed E-state index contributed by atoms with van der Waals surface area (Å²) in [5.41, 5.74) is 6.41. The predicted molar refractivity (Wildman–Crippen MR) is 77.2 cm³/mol. The number of pyridine rings is 1. The maximum Gasteiger partial charge on any atom is 0.230 e. The zero-order chi connectivity index (χ0) is 15.0. The molecule has 3 rings (SSSR count). The molecule has 21 heavy (non-hydrogen) atoms. The lowest BCUT2D eigenvalue weighted by Gasteiger charge is -2.05. The van der Waals surface area contributed by atoms with Crippen LogP contribution in [0.1, 0.15) is 0 Å². The molecule has 7 heteroatoms. The molecule has 0 amide bonds. The molecule has 0 spiro atoms. The Morgan fingerprint density at radius 2 is 1.67 bits per heavy atom. The van der Waals surface area contributed by atoms with Crippen LogP contribution < -0.4 is 5.73 Å². The van der Waals surface area contributed by atoms with Gasteiger partial charge in [-0.25, -0.2) is 8.78 Å². The van der Waals surface area contributed by atoms with Crippen LogP contribution in [0.2, 0.25) is 0 Å². The highest BCUT2D eigenvalue weighted by Gasteiger charge is 2.23. The molecule has 0 aliphatic rings. The second-order valence-electron chi connectivity index (χ2n) is 4.25. The minimum atomic E-state index is -0.759. The molecule has 0 saturated heterocycles. The molecule has 4 nitrogen and oxygen atoms in total. The fourth-order valence-corrected chi connectivity index (χ4v) is 2.44. The van der Waals surface area contributed by atoms with Gasteiger partial charge < -0.3 is 10.3 Å². The van der Waals surface area contributed by atoms with E-state index in [1.54, 1.807) is 24.5 Å². The van der Waals surface area contributed by atoms with E-state index in [0.29, 0.717) is 15.6 Å². The number of anilines is 1. The van der Waals surface area contributed by atoms with E-state index in [-0.39, 0.29) is 17.1 Å². The van der Waals surface area contributed by atoms with Crippen LogP contribution in [-0.2, 0) is 0 Å². The van der Waals surface area contributed by atoms with Gasteiger partial charge in [0, 0.05) is 16.9 Å². The molecule has 2 heterocycles. The first kappa shape index (κ1) is 13.7. The number of benzene rings is 1. The maximum atomic E-state index is 14.1. The zero-order valence-corrected chi connectivity index (χ0v) is 12.1. The van der Waals surface area contributed by atoms with Crippen molar-refractivity contribution in [3.63, 3.8) is 0 Å². The van der Waals surface area contributed by atoms with E-state index >= 15 is 0 Å². The summed E-state index contributed by atoms with van der Waals surface area (Å²) in [6.45, 7) is 0. The standard InChI is InChI=1S/C14H8BrF2N3O/c15-8-5-9(16)12(10(17)6-8)13-11(14(18)21-20-13)7-1-3-19-4-2-7/h1-6H,18H2. The molecule has 2 aromatic heterocycles. The second kappa shape index (κ2) is 5.25. The summed E-state index contributed by atoms with van der Waals surface area (Å²) in [7, 11) is 0. The van der Waals surface area contributed by atoms with Crippen LogP contribution in [0.5, 0.6) is 0 Å². The maximum absolute atomic E-state index is 14.1. The predicted octanol–water partition coefficient (Wildman–Crippen LogP) is 4.03. The first-order chi connectivity index (χ1) is 10.1. The molecule has 0 bridgehead atoms. The molecule has 0 fully saturated rings. The van der Waals surface area contributed by atoms with Crippen molar-refractivity contribution in [2.24, 2.45) is 0 Å². The quantitative estimate of drug-likeness (QED) is 0.756. The Hall–Kier alpha value is -2.28. The Bertz CT molecular complexity index is 782. The van der Waals surface area contributed by atoms with Gasteiger partial charge in [-0.1, -0.05) is 21.1 Å². The molecule has 106 valence electrons. The number of halogens is 3. The third-order valence-corrected chi connectivity index (χ3v) is 3.39. The minimum absolute atomic E-state index is 0.0150. The van der Waals surface area contributed by atoms with Crippen molar-refractivity contribution < 1.29 is 13.3 Å². The Balaban J connectivity index is 2.27. The number of rotatable bonds is 2. The summed E-state index contributed by atoms with van der Waals surface area (Å²) in [4.78, 5) is 3.89. The van der Waals surface area contributed by atoms with E-state index in [1.165, 1.54) is 0 Å².